The van der Waals surface area contributed by atoms with Crippen molar-refractivity contribution in [1.29, 1.82) is 0 Å². The number of nitrogens with one attached hydrogen (secondary N) is 1. The highest BCUT2D eigenvalue weighted by molar-refractivity contribution is 6.05. The molecule has 0 atom stereocenters. The highest BCUT2D eigenvalue weighted by Crippen LogP contribution is 2.19. The van der Waals surface area contributed by atoms with Crippen LogP contribution in [-0.4, -0.2) is 5.91 Å². The largest absolute Gasteiger partial charge is 0.422 e. The minimum atomic E-state index is -0.630. The number of fused-ring (bicyclic) bond motifs is 1. The number of hydrogen-bond acceptors (Lipinski definition) is 3. The van der Waals surface area contributed by atoms with E-state index in [-0.39, 0.29) is 5.56 Å². The molecule has 4 nitrogen and oxygen atoms in total. The molecule has 0 fully saturated rings. The summed E-state index contributed by atoms with van der Waals surface area (Å²) in [5.74, 6) is -0.464. The number of benzene rings is 2. The lowest BCUT2D eigenvalue weighted by molar-refractivity contribution is 0.102. The van der Waals surface area contributed by atoms with Gasteiger partial charge in [0.05, 0.1) is 0 Å². The molecule has 2 aromatic carbocycles. The third-order valence-corrected chi connectivity index (χ3v) is 3.83. The third kappa shape index (κ3) is 2.88. The first kappa shape index (κ1) is 15.0. The van der Waals surface area contributed by atoms with Crippen LogP contribution in [0.3, 0.4) is 0 Å². The number of para-hydroxylation sites is 1. The Balaban J connectivity index is 2.01. The van der Waals surface area contributed by atoms with Gasteiger partial charge >= 0.3 is 5.63 Å². The Morgan fingerprint density at radius 2 is 1.78 bits per heavy atom. The summed E-state index contributed by atoms with van der Waals surface area (Å²) < 4.78 is 5.32. The summed E-state index contributed by atoms with van der Waals surface area (Å²) in [6, 6.07) is 12.8. The molecule has 1 amide bonds. The first-order valence-electron chi connectivity index (χ1n) is 7.38. The topological polar surface area (TPSA) is 59.3 Å². The van der Waals surface area contributed by atoms with Crippen LogP contribution in [0.25, 0.3) is 11.0 Å². The number of amides is 1. The van der Waals surface area contributed by atoms with Crippen molar-refractivity contribution in [2.24, 2.45) is 0 Å². The minimum Gasteiger partial charge on any atom is -0.422 e. The predicted octanol–water partition coefficient (Wildman–Crippen LogP) is 3.97. The fraction of sp³-hybridized carbons (Fsp3) is 0.158. The monoisotopic (exact) mass is 307 g/mol. The molecule has 0 radical (unpaired) electrons. The van der Waals surface area contributed by atoms with E-state index >= 15 is 0 Å². The molecule has 23 heavy (non-hydrogen) atoms. The van der Waals surface area contributed by atoms with Crippen molar-refractivity contribution in [2.75, 3.05) is 5.32 Å². The van der Waals surface area contributed by atoms with Gasteiger partial charge in [0.1, 0.15) is 11.1 Å². The molecule has 0 aliphatic heterocycles. The van der Waals surface area contributed by atoms with Gasteiger partial charge in [0, 0.05) is 11.1 Å². The average molecular weight is 307 g/mol. The summed E-state index contributed by atoms with van der Waals surface area (Å²) in [5.41, 5.74) is 3.49. The molecule has 0 spiro atoms. The standard InChI is InChI=1S/C19H17NO3/c1-11-7-8-16(13(3)9-11)20-18(21)15-10-14-6-4-5-12(2)17(14)23-19(15)22/h4-10H,1-3H3,(H,20,21). The van der Waals surface area contributed by atoms with E-state index in [1.807, 2.05) is 57.2 Å². The Bertz CT molecular complexity index is 970. The van der Waals surface area contributed by atoms with Gasteiger partial charge in [-0.05, 0) is 44.0 Å². The number of anilines is 1. The van der Waals surface area contributed by atoms with Crippen LogP contribution in [0.1, 0.15) is 27.0 Å². The maximum atomic E-state index is 12.4. The minimum absolute atomic E-state index is 0.00285. The Morgan fingerprint density at radius 1 is 1.00 bits per heavy atom. The van der Waals surface area contributed by atoms with Crippen LogP contribution >= 0.6 is 0 Å². The number of carbonyl (C=O) groups excluding carboxylic acids is 1. The lowest BCUT2D eigenvalue weighted by Gasteiger charge is -2.09. The van der Waals surface area contributed by atoms with E-state index in [1.165, 1.54) is 0 Å². The van der Waals surface area contributed by atoms with Crippen LogP contribution in [0.2, 0.25) is 0 Å². The summed E-state index contributed by atoms with van der Waals surface area (Å²) in [6.45, 7) is 5.76. The second kappa shape index (κ2) is 5.72. The van der Waals surface area contributed by atoms with Crippen molar-refractivity contribution in [3.63, 3.8) is 0 Å². The molecule has 1 N–H and O–H groups in total. The second-order valence-electron chi connectivity index (χ2n) is 5.71. The molecule has 0 saturated heterocycles. The fourth-order valence-corrected chi connectivity index (χ4v) is 2.59. The molecule has 0 aliphatic carbocycles. The maximum absolute atomic E-state index is 12.4. The van der Waals surface area contributed by atoms with Crippen LogP contribution in [0, 0.1) is 20.8 Å². The number of hydrogen-bond donors (Lipinski definition) is 1. The molecule has 0 saturated carbocycles. The molecule has 4 heteroatoms. The van der Waals surface area contributed by atoms with Crippen molar-refractivity contribution < 1.29 is 9.21 Å². The molecule has 3 aromatic rings. The first-order chi connectivity index (χ1) is 11.0. The number of aryl methyl sites for hydroxylation is 3. The molecule has 3 rings (SSSR count). The van der Waals surface area contributed by atoms with E-state index in [9.17, 15) is 9.59 Å². The molecule has 0 bridgehead atoms. The van der Waals surface area contributed by atoms with Gasteiger partial charge in [-0.15, -0.1) is 0 Å². The fourth-order valence-electron chi connectivity index (χ4n) is 2.59. The average Bonchev–Trinajstić information content (AvgIpc) is 2.50. The zero-order chi connectivity index (χ0) is 16.6. The number of carbonyl (C=O) groups is 1. The maximum Gasteiger partial charge on any atom is 0.349 e. The molecular formula is C19H17NO3. The highest BCUT2D eigenvalue weighted by atomic mass is 16.4. The van der Waals surface area contributed by atoms with Crippen molar-refractivity contribution in [3.05, 3.63) is 75.1 Å². The zero-order valence-corrected chi connectivity index (χ0v) is 13.3. The van der Waals surface area contributed by atoms with Crippen LogP contribution in [0.4, 0.5) is 5.69 Å². The molecule has 1 heterocycles. The van der Waals surface area contributed by atoms with Gasteiger partial charge in [-0.3, -0.25) is 4.79 Å². The summed E-state index contributed by atoms with van der Waals surface area (Å²) in [7, 11) is 0. The molecule has 0 aliphatic rings. The van der Waals surface area contributed by atoms with Gasteiger partial charge in [0.2, 0.25) is 0 Å². The van der Waals surface area contributed by atoms with Crippen molar-refractivity contribution in [1.82, 2.24) is 0 Å². The quantitative estimate of drug-likeness (QED) is 0.729. The van der Waals surface area contributed by atoms with E-state index < -0.39 is 11.5 Å². The third-order valence-electron chi connectivity index (χ3n) is 3.83. The van der Waals surface area contributed by atoms with E-state index in [1.54, 1.807) is 6.07 Å². The lowest BCUT2D eigenvalue weighted by Crippen LogP contribution is -2.21. The van der Waals surface area contributed by atoms with Crippen molar-refractivity contribution in [3.8, 4) is 0 Å². The van der Waals surface area contributed by atoms with Gasteiger partial charge < -0.3 is 9.73 Å². The van der Waals surface area contributed by atoms with Crippen molar-refractivity contribution >= 4 is 22.6 Å². The Kier molecular flexibility index (Phi) is 3.74. The Hall–Kier alpha value is -2.88. The molecule has 1 aromatic heterocycles. The number of rotatable bonds is 2. The van der Waals surface area contributed by atoms with Gasteiger partial charge in [-0.1, -0.05) is 35.9 Å². The SMILES string of the molecule is Cc1ccc(NC(=O)c2cc3cccc(C)c3oc2=O)c(C)c1. The van der Waals surface area contributed by atoms with Crippen LogP contribution in [-0.2, 0) is 0 Å². The summed E-state index contributed by atoms with van der Waals surface area (Å²) in [6.07, 6.45) is 0. The summed E-state index contributed by atoms with van der Waals surface area (Å²) in [4.78, 5) is 24.6. The molecule has 116 valence electrons. The van der Waals surface area contributed by atoms with Crippen LogP contribution < -0.4 is 10.9 Å². The Morgan fingerprint density at radius 3 is 2.52 bits per heavy atom. The van der Waals surface area contributed by atoms with Gasteiger partial charge in [0.25, 0.3) is 5.91 Å². The van der Waals surface area contributed by atoms with E-state index in [2.05, 4.69) is 5.32 Å². The van der Waals surface area contributed by atoms with E-state index in [4.69, 9.17) is 4.42 Å². The summed E-state index contributed by atoms with van der Waals surface area (Å²) in [5, 5.41) is 3.51. The van der Waals surface area contributed by atoms with Gasteiger partial charge in [-0.25, -0.2) is 4.79 Å². The molecular weight excluding hydrogens is 290 g/mol. The van der Waals surface area contributed by atoms with Gasteiger partial charge in [0.15, 0.2) is 0 Å². The van der Waals surface area contributed by atoms with Crippen LogP contribution in [0.15, 0.2) is 51.7 Å². The summed E-state index contributed by atoms with van der Waals surface area (Å²) >= 11 is 0. The first-order valence-corrected chi connectivity index (χ1v) is 7.38. The zero-order valence-electron chi connectivity index (χ0n) is 13.3. The second-order valence-corrected chi connectivity index (χ2v) is 5.71. The Labute approximate surface area is 133 Å². The van der Waals surface area contributed by atoms with Crippen LogP contribution in [0.5, 0.6) is 0 Å². The smallest absolute Gasteiger partial charge is 0.349 e. The lowest BCUT2D eigenvalue weighted by atomic mass is 10.1. The predicted molar refractivity (Wildman–Crippen MR) is 91.1 cm³/mol. The van der Waals surface area contributed by atoms with E-state index in [0.29, 0.717) is 11.3 Å². The normalized spacial score (nSPS) is 10.7. The van der Waals surface area contributed by atoms with E-state index in [0.717, 1.165) is 22.1 Å². The molecule has 0 unspecified atom stereocenters. The van der Waals surface area contributed by atoms with Gasteiger partial charge in [-0.2, -0.15) is 0 Å². The van der Waals surface area contributed by atoms with Crippen molar-refractivity contribution in [2.45, 2.75) is 20.8 Å². The highest BCUT2D eigenvalue weighted by Gasteiger charge is 2.15.